The second-order valence-corrected chi connectivity index (χ2v) is 5.25. The van der Waals surface area contributed by atoms with Crippen molar-refractivity contribution in [2.75, 3.05) is 19.4 Å². The molecule has 1 aliphatic rings. The molecule has 0 amide bonds. The van der Waals surface area contributed by atoms with Crippen LogP contribution in [0.3, 0.4) is 0 Å². The summed E-state index contributed by atoms with van der Waals surface area (Å²) in [7, 11) is -0.984. The fourth-order valence-corrected chi connectivity index (χ4v) is 2.27. The van der Waals surface area contributed by atoms with E-state index in [2.05, 4.69) is 5.43 Å². The van der Waals surface area contributed by atoms with Crippen LogP contribution in [-0.4, -0.2) is 38.6 Å². The Kier molecular flexibility index (Phi) is 3.69. The van der Waals surface area contributed by atoms with Crippen molar-refractivity contribution in [1.29, 1.82) is 0 Å². The van der Waals surface area contributed by atoms with E-state index in [4.69, 9.17) is 5.11 Å². The van der Waals surface area contributed by atoms with Crippen LogP contribution in [0.25, 0.3) is 0 Å². The first-order chi connectivity index (χ1) is 6.54. The zero-order chi connectivity index (χ0) is 10.8. The molecular weight excluding hydrogens is 200 g/mol. The van der Waals surface area contributed by atoms with E-state index in [1.807, 2.05) is 24.9 Å². The van der Waals surface area contributed by atoms with Crippen LogP contribution in [0.2, 0.25) is 0 Å². The molecule has 1 heterocycles. The standard InChI is InChI=1S/C9H18N2O2S/c1-4-8-7-9(2,14(3)13)11(10-8)5-6-12/h7,10,12H,4-6H2,1-3H3. The molecule has 1 rings (SSSR count). The Morgan fingerprint density at radius 2 is 2.36 bits per heavy atom. The largest absolute Gasteiger partial charge is 0.395 e. The molecule has 14 heavy (non-hydrogen) atoms. The summed E-state index contributed by atoms with van der Waals surface area (Å²) in [6, 6.07) is 0. The summed E-state index contributed by atoms with van der Waals surface area (Å²) in [6.45, 7) is 4.50. The zero-order valence-corrected chi connectivity index (χ0v) is 9.73. The number of hydrogen-bond acceptors (Lipinski definition) is 4. The van der Waals surface area contributed by atoms with Crippen molar-refractivity contribution < 1.29 is 9.32 Å². The highest BCUT2D eigenvalue weighted by Crippen LogP contribution is 2.26. The summed E-state index contributed by atoms with van der Waals surface area (Å²) in [5.74, 6) is 0. The van der Waals surface area contributed by atoms with Crippen LogP contribution in [0.4, 0.5) is 0 Å². The molecule has 0 aromatic heterocycles. The molecule has 5 heteroatoms. The topological polar surface area (TPSA) is 52.6 Å². The van der Waals surface area contributed by atoms with Gasteiger partial charge < -0.3 is 10.5 Å². The molecule has 1 aliphatic heterocycles. The van der Waals surface area contributed by atoms with Gasteiger partial charge in [0.15, 0.2) is 0 Å². The Morgan fingerprint density at radius 3 is 2.79 bits per heavy atom. The lowest BCUT2D eigenvalue weighted by atomic mass is 10.2. The summed E-state index contributed by atoms with van der Waals surface area (Å²) in [6.07, 6.45) is 4.55. The minimum absolute atomic E-state index is 0.0601. The molecule has 4 nitrogen and oxygen atoms in total. The Labute approximate surface area is 87.4 Å². The average molecular weight is 218 g/mol. The van der Waals surface area contributed by atoms with Crippen molar-refractivity contribution in [3.63, 3.8) is 0 Å². The van der Waals surface area contributed by atoms with Gasteiger partial charge in [-0.1, -0.05) is 6.92 Å². The maximum Gasteiger partial charge on any atom is 0.132 e. The van der Waals surface area contributed by atoms with Crippen molar-refractivity contribution in [2.24, 2.45) is 0 Å². The van der Waals surface area contributed by atoms with Gasteiger partial charge >= 0.3 is 0 Å². The molecule has 2 unspecified atom stereocenters. The first kappa shape index (κ1) is 11.7. The van der Waals surface area contributed by atoms with Gasteiger partial charge in [0.05, 0.1) is 6.61 Å². The summed E-state index contributed by atoms with van der Waals surface area (Å²) in [4.78, 5) is -0.492. The fourth-order valence-electron chi connectivity index (χ4n) is 1.51. The number of hydrazine groups is 1. The molecule has 0 fully saturated rings. The second-order valence-electron chi connectivity index (χ2n) is 3.52. The number of allylic oxidation sites excluding steroid dienone is 1. The Balaban J connectivity index is 2.87. The summed E-state index contributed by atoms with van der Waals surface area (Å²) in [5, 5.41) is 10.7. The van der Waals surface area contributed by atoms with Crippen LogP contribution in [0.5, 0.6) is 0 Å². The predicted octanol–water partition coefficient (Wildman–Crippen LogP) is 0.188. The van der Waals surface area contributed by atoms with E-state index in [-0.39, 0.29) is 6.61 Å². The average Bonchev–Trinajstić information content (AvgIpc) is 2.46. The SMILES string of the molecule is CCC1=CC(C)(S(C)=O)N(CCO)N1. The summed E-state index contributed by atoms with van der Waals surface area (Å²) < 4.78 is 11.6. The molecular formula is C9H18N2O2S. The molecule has 0 aromatic rings. The quantitative estimate of drug-likeness (QED) is 0.707. The number of nitrogens with one attached hydrogen (secondary N) is 1. The molecule has 0 bridgehead atoms. The van der Waals surface area contributed by atoms with Gasteiger partial charge in [-0.25, -0.2) is 0 Å². The third-order valence-electron chi connectivity index (χ3n) is 2.54. The third-order valence-corrected chi connectivity index (χ3v) is 4.05. The maximum atomic E-state index is 11.6. The van der Waals surface area contributed by atoms with Crippen LogP contribution in [0.1, 0.15) is 20.3 Å². The van der Waals surface area contributed by atoms with Gasteiger partial charge in [0.2, 0.25) is 0 Å². The highest BCUT2D eigenvalue weighted by molar-refractivity contribution is 7.85. The van der Waals surface area contributed by atoms with Crippen LogP contribution in [0.15, 0.2) is 11.8 Å². The van der Waals surface area contributed by atoms with Crippen LogP contribution in [0, 0.1) is 0 Å². The van der Waals surface area contributed by atoms with Gasteiger partial charge in [-0.3, -0.25) is 4.21 Å². The molecule has 0 radical (unpaired) electrons. The number of aliphatic hydroxyl groups is 1. The molecule has 2 atom stereocenters. The number of aliphatic hydroxyl groups excluding tert-OH is 1. The van der Waals surface area contributed by atoms with Gasteiger partial charge in [-0.15, -0.1) is 0 Å². The predicted molar refractivity (Wildman–Crippen MR) is 57.8 cm³/mol. The normalized spacial score (nSPS) is 29.9. The first-order valence-corrected chi connectivity index (χ1v) is 6.30. The minimum atomic E-state index is -0.984. The second kappa shape index (κ2) is 4.42. The Hall–Kier alpha value is -0.390. The lowest BCUT2D eigenvalue weighted by Gasteiger charge is -2.31. The molecule has 0 spiro atoms. The lowest BCUT2D eigenvalue weighted by molar-refractivity contribution is 0.136. The summed E-state index contributed by atoms with van der Waals surface area (Å²) in [5.41, 5.74) is 4.22. The molecule has 0 saturated heterocycles. The number of nitrogens with zero attached hydrogens (tertiary/aromatic N) is 1. The van der Waals surface area contributed by atoms with Gasteiger partial charge in [-0.05, 0) is 19.4 Å². The smallest absolute Gasteiger partial charge is 0.132 e. The van der Waals surface area contributed by atoms with Crippen LogP contribution >= 0.6 is 0 Å². The van der Waals surface area contributed by atoms with E-state index in [1.54, 1.807) is 6.26 Å². The number of β-amino-alcohol motifs (C(OH)–C–C–N with tert-alkyl or cyclic N) is 1. The van der Waals surface area contributed by atoms with E-state index < -0.39 is 15.7 Å². The third kappa shape index (κ3) is 1.99. The van der Waals surface area contributed by atoms with Crippen molar-refractivity contribution >= 4 is 10.8 Å². The number of hydrogen-bond donors (Lipinski definition) is 2. The maximum absolute atomic E-state index is 11.6. The van der Waals surface area contributed by atoms with Gasteiger partial charge in [0, 0.05) is 29.3 Å². The van der Waals surface area contributed by atoms with E-state index in [1.165, 1.54) is 0 Å². The highest BCUT2D eigenvalue weighted by atomic mass is 32.2. The molecule has 2 N–H and O–H groups in total. The van der Waals surface area contributed by atoms with Crippen molar-refractivity contribution in [1.82, 2.24) is 10.4 Å². The zero-order valence-electron chi connectivity index (χ0n) is 8.91. The van der Waals surface area contributed by atoms with E-state index in [0.29, 0.717) is 6.54 Å². The fraction of sp³-hybridized carbons (Fsp3) is 0.778. The molecule has 0 aromatic carbocycles. The first-order valence-electron chi connectivity index (χ1n) is 4.75. The van der Waals surface area contributed by atoms with Gasteiger partial charge in [0.25, 0.3) is 0 Å². The van der Waals surface area contributed by atoms with Gasteiger partial charge in [0.1, 0.15) is 4.87 Å². The van der Waals surface area contributed by atoms with Crippen molar-refractivity contribution in [3.05, 3.63) is 11.8 Å². The molecule has 0 saturated carbocycles. The lowest BCUT2D eigenvalue weighted by Crippen LogP contribution is -2.50. The van der Waals surface area contributed by atoms with E-state index in [9.17, 15) is 4.21 Å². The highest BCUT2D eigenvalue weighted by Gasteiger charge is 2.38. The minimum Gasteiger partial charge on any atom is -0.395 e. The van der Waals surface area contributed by atoms with E-state index in [0.717, 1.165) is 12.1 Å². The molecule has 0 aliphatic carbocycles. The molecule has 82 valence electrons. The van der Waals surface area contributed by atoms with Crippen LogP contribution < -0.4 is 5.43 Å². The van der Waals surface area contributed by atoms with Gasteiger partial charge in [-0.2, -0.15) is 5.01 Å². The Bertz CT molecular complexity index is 268. The number of rotatable bonds is 4. The van der Waals surface area contributed by atoms with E-state index >= 15 is 0 Å². The Morgan fingerprint density at radius 1 is 1.71 bits per heavy atom. The van der Waals surface area contributed by atoms with Crippen molar-refractivity contribution in [2.45, 2.75) is 25.1 Å². The van der Waals surface area contributed by atoms with Crippen molar-refractivity contribution in [3.8, 4) is 0 Å². The monoisotopic (exact) mass is 218 g/mol. The van der Waals surface area contributed by atoms with Crippen LogP contribution in [-0.2, 0) is 10.8 Å². The summed E-state index contributed by atoms with van der Waals surface area (Å²) >= 11 is 0.